The van der Waals surface area contributed by atoms with Gasteiger partial charge in [-0.05, 0) is 192 Å². The number of cyclic esters (lactones) is 3. The second-order valence-electron chi connectivity index (χ2n) is 40.7. The smallest absolute Gasteiger partial charge is 0.316 e. The zero-order valence-electron chi connectivity index (χ0n) is 83.9. The third-order valence-corrected chi connectivity index (χ3v) is 30.3. The van der Waals surface area contributed by atoms with Gasteiger partial charge >= 0.3 is 17.9 Å². The van der Waals surface area contributed by atoms with Crippen LogP contribution in [-0.2, 0) is 81.1 Å². The summed E-state index contributed by atoms with van der Waals surface area (Å²) in [5.41, 5.74) is -9.23. The molecule has 0 bridgehead atoms. The van der Waals surface area contributed by atoms with Gasteiger partial charge in [0.1, 0.15) is 78.3 Å². The Morgan fingerprint density at radius 3 is 1.16 bits per heavy atom. The van der Waals surface area contributed by atoms with E-state index in [9.17, 15) is 74.6 Å². The van der Waals surface area contributed by atoms with Crippen molar-refractivity contribution < 1.29 is 137 Å². The van der Waals surface area contributed by atoms with Crippen molar-refractivity contribution in [3.05, 3.63) is 0 Å². The predicted octanol–water partition coefficient (Wildman–Crippen LogP) is 9.85. The fourth-order valence-electron chi connectivity index (χ4n) is 19.8. The van der Waals surface area contributed by atoms with Gasteiger partial charge < -0.3 is 123 Å². The van der Waals surface area contributed by atoms with Crippen LogP contribution in [0.15, 0.2) is 15.5 Å². The number of ketones is 1. The van der Waals surface area contributed by atoms with Gasteiger partial charge in [0.15, 0.2) is 12.6 Å². The maximum Gasteiger partial charge on any atom is 0.316 e. The predicted molar refractivity (Wildman–Crippen MR) is 484 cm³/mol. The zero-order chi connectivity index (χ0) is 98.0. The summed E-state index contributed by atoms with van der Waals surface area (Å²) in [7, 11) is 8.51. The molecular weight excluding hydrogens is 1660 g/mol. The van der Waals surface area contributed by atoms with Crippen LogP contribution >= 0.6 is 0 Å². The van der Waals surface area contributed by atoms with E-state index in [0.717, 1.165) is 19.4 Å². The summed E-state index contributed by atoms with van der Waals surface area (Å²) in [5, 5.41) is 131. The fourth-order valence-corrected chi connectivity index (χ4v) is 19.8. The van der Waals surface area contributed by atoms with Crippen molar-refractivity contribution in [2.24, 2.45) is 104 Å². The molecule has 0 aliphatic carbocycles. The molecule has 1 unspecified atom stereocenters. The quantitative estimate of drug-likeness (QED) is 0.0177. The van der Waals surface area contributed by atoms with Gasteiger partial charge in [-0.1, -0.05) is 119 Å². The Balaban J connectivity index is 0.000000405. The molecule has 0 radical (unpaired) electrons. The molecule has 11 N–H and O–H groups in total. The second-order valence-corrected chi connectivity index (χ2v) is 40.7. The number of hydrogen-bond donors (Lipinski definition) is 11. The largest absolute Gasteiger partial charge is 0.459 e. The van der Waals surface area contributed by atoms with Crippen molar-refractivity contribution in [1.82, 2.24) is 10.2 Å². The molecule has 32 nitrogen and oxygen atoms in total. The Morgan fingerprint density at radius 1 is 0.461 bits per heavy atom. The standard InChI is InChI=1S/C34H64N2O10.C33H60FNO10.C28H50N2O7/c1-14-25-34(10,41)29(37)21(4)27(35-43-16-15-36(11)12)19(2)17-32(8,40)23(6)20(3)28(22(5)31(39)45-25)46-26-18-33(9,42-13)30(38)24(7)44-26;1-12-24-33(10,40)28(36)20(4)26(35-42-15-13-14-34)18(2)16-31(8,39)22(6)19(3)27(21(5)30(38)44-24)45-25-17-32(9,41-11)29(37)23(7)43-25;1-10-22-28(8,34)25(32)18(4)23(30-37-21-12-11-13-29-15-21)16(2)14-27(7,35-9)20(6)17(3)24(31)19(5)26(33)36-22/h19-26,28-30,37-38,40-41H,14-18H2,1-13H3;18-25,27-29,36-37,39-40H,12-17H2,1-11H3;16-22,25,29,32,34H,10-15H2,1-9H3/t19-,20-,21+,22-,23-,24+,25-,26+,28+,29-,30+,32-,33-,34-;18-,19-,20+,21-,22-,23+,24-,25+,27+,28-,29+,31-,32-,33-;16-,17-,18+,19-,20-,21?,22-,25-,27-,28-/m111/s1. The average Bonchev–Trinajstić information content (AvgIpc) is 0.786. The van der Waals surface area contributed by atoms with E-state index in [2.05, 4.69) is 20.8 Å². The summed E-state index contributed by atoms with van der Waals surface area (Å²) in [6.07, 6.45) is -9.41. The molecule has 6 heterocycles. The van der Waals surface area contributed by atoms with Crippen LogP contribution in [0.3, 0.4) is 0 Å². The number of aliphatic hydroxyl groups excluding tert-OH is 5. The minimum Gasteiger partial charge on any atom is -0.459 e. The van der Waals surface area contributed by atoms with Crippen molar-refractivity contribution in [3.63, 3.8) is 0 Å². The lowest BCUT2D eigenvalue weighted by molar-refractivity contribution is -0.298. The Morgan fingerprint density at radius 2 is 0.820 bits per heavy atom. The van der Waals surface area contributed by atoms with Gasteiger partial charge in [-0.2, -0.15) is 0 Å². The number of methoxy groups -OCH3 is 3. The van der Waals surface area contributed by atoms with Gasteiger partial charge in [0.2, 0.25) is 0 Å². The van der Waals surface area contributed by atoms with Crippen LogP contribution in [0, 0.1) is 88.8 Å². The number of piperidine rings is 1. The van der Waals surface area contributed by atoms with Crippen LogP contribution in [0.4, 0.5) is 4.39 Å². The number of esters is 3. The van der Waals surface area contributed by atoms with Crippen LogP contribution in [-0.4, -0.2) is 308 Å². The molecular formula is C95H174FN5O27. The number of ether oxygens (including phenoxy) is 10. The number of carbonyl (C=O) groups is 4. The number of hydrogen-bond acceptors (Lipinski definition) is 32. The summed E-state index contributed by atoms with van der Waals surface area (Å²) in [6.45, 7) is 51.5. The Labute approximate surface area is 764 Å². The highest BCUT2D eigenvalue weighted by atomic mass is 19.1. The number of Topliss-reactive ketones (excluding diaryl/α,β-unsaturated/α-hetero) is 1. The lowest BCUT2D eigenvalue weighted by atomic mass is 9.70. The molecule has 0 aromatic heterocycles. The molecule has 6 saturated heterocycles. The number of alkyl halides is 1. The van der Waals surface area contributed by atoms with Crippen molar-refractivity contribution in [1.29, 1.82) is 0 Å². The first-order valence-electron chi connectivity index (χ1n) is 47.1. The van der Waals surface area contributed by atoms with E-state index in [-0.39, 0.29) is 99.5 Å². The van der Waals surface area contributed by atoms with Gasteiger partial charge in [0.05, 0.1) is 106 Å². The van der Waals surface area contributed by atoms with Gasteiger partial charge in [-0.3, -0.25) is 23.6 Å². The number of rotatable bonds is 20. The van der Waals surface area contributed by atoms with E-state index in [1.165, 1.54) is 41.9 Å². The first-order valence-corrected chi connectivity index (χ1v) is 47.1. The average molecular weight is 1840 g/mol. The van der Waals surface area contributed by atoms with Crippen molar-refractivity contribution in [2.45, 2.75) is 401 Å². The highest BCUT2D eigenvalue weighted by molar-refractivity contribution is 6.00. The number of nitrogens with zero attached hydrogens (tertiary/aromatic N) is 4. The van der Waals surface area contributed by atoms with Gasteiger partial charge in [0.25, 0.3) is 0 Å². The normalized spacial score (nSPS) is 45.8. The second kappa shape index (κ2) is 49.4. The van der Waals surface area contributed by atoms with E-state index in [0.29, 0.717) is 43.3 Å². The van der Waals surface area contributed by atoms with Crippen LogP contribution in [0.1, 0.15) is 264 Å². The number of aliphatic hydroxyl groups is 10. The number of likely N-dealkylation sites (N-methyl/N-ethyl adjacent to an activating group) is 1. The van der Waals surface area contributed by atoms with Crippen molar-refractivity contribution >= 4 is 40.8 Å². The SMILES string of the molecule is CC[C@H]1OC(=O)[C@H](C)C(=O)[C@H](C)[C@@H](C)[C@](C)(OC)C[C@@H](C)C(=NOC2CCCNC2)[C@H](C)[C@@H](O)[C@]1(C)O.CC[C@H]1OC(=O)[C@H](C)[C@@H](O[C@H]2C[C@@](C)(OC)[C@@H](O)[C@H](C)O2)[C@H](C)[C@@H](C)[C@](C)(O)C[C@@H](C)C(=NOCCCF)[C@H](C)[C@@H](O)[C@]1(C)O.CC[C@H]1OC(=O)[C@H](C)[C@@H](O[C@H]2C[C@@](C)(OC)[C@@H](O)[C@H](C)O2)[C@H](C)[C@@H](C)[C@](C)(O)C[C@@H](C)C(=NOCCN(C)C)[C@H](C)[C@@H](O)[C@]1(C)O. The van der Waals surface area contributed by atoms with Crippen LogP contribution in [0.2, 0.25) is 0 Å². The molecule has 6 fully saturated rings. The summed E-state index contributed by atoms with van der Waals surface area (Å²) in [4.78, 5) is 72.9. The molecule has 0 aromatic rings. The van der Waals surface area contributed by atoms with Crippen LogP contribution in [0.5, 0.6) is 0 Å². The summed E-state index contributed by atoms with van der Waals surface area (Å²) in [6, 6.07) is 0. The third-order valence-electron chi connectivity index (χ3n) is 30.3. The monoisotopic (exact) mass is 1840 g/mol. The number of oxime groups is 3. The highest BCUT2D eigenvalue weighted by Crippen LogP contribution is 2.46. The van der Waals surface area contributed by atoms with Gasteiger partial charge in [0, 0.05) is 95.1 Å². The molecule has 128 heavy (non-hydrogen) atoms. The van der Waals surface area contributed by atoms with Crippen LogP contribution < -0.4 is 5.32 Å². The first-order chi connectivity index (χ1) is 59.1. The lowest BCUT2D eigenvalue weighted by Crippen LogP contribution is -2.58. The maximum absolute atomic E-state index is 13.8. The van der Waals surface area contributed by atoms with Gasteiger partial charge in [-0.15, -0.1) is 0 Å². The van der Waals surface area contributed by atoms with E-state index in [1.807, 2.05) is 88.2 Å². The summed E-state index contributed by atoms with van der Waals surface area (Å²) in [5.74, 6) is -10.2. The van der Waals surface area contributed by atoms with E-state index < -0.39 is 214 Å². The van der Waals surface area contributed by atoms with Crippen molar-refractivity contribution in [2.75, 3.05) is 74.9 Å². The molecule has 6 aliphatic heterocycles. The zero-order valence-corrected chi connectivity index (χ0v) is 83.9. The Bertz CT molecular complexity index is 3490. The minimum absolute atomic E-state index is 0.0306. The summed E-state index contributed by atoms with van der Waals surface area (Å²) < 4.78 is 72.8. The Hall–Kier alpha value is -4.34. The van der Waals surface area contributed by atoms with E-state index in [4.69, 9.17) is 61.9 Å². The first kappa shape index (κ1) is 116. The molecule has 0 aromatic carbocycles. The number of halogens is 1. The summed E-state index contributed by atoms with van der Waals surface area (Å²) >= 11 is 0. The highest BCUT2D eigenvalue weighted by Gasteiger charge is 2.56. The van der Waals surface area contributed by atoms with E-state index >= 15 is 0 Å². The molecule has 0 saturated carbocycles. The lowest BCUT2D eigenvalue weighted by Gasteiger charge is -2.47. The third kappa shape index (κ3) is 28.9. The minimum atomic E-state index is -1.89. The molecule has 0 spiro atoms. The molecule has 6 aliphatic rings. The molecule has 6 rings (SSSR count). The molecule has 38 atom stereocenters. The fraction of sp³-hybridized carbons (Fsp3) is 0.926. The molecule has 748 valence electrons. The topological polar surface area (TPSA) is 443 Å². The molecule has 0 amide bonds. The number of carbonyl (C=O) groups excluding carboxylic acids is 4. The van der Waals surface area contributed by atoms with E-state index in [1.54, 1.807) is 104 Å². The van der Waals surface area contributed by atoms with Crippen molar-refractivity contribution in [3.8, 4) is 0 Å². The van der Waals surface area contributed by atoms with Crippen LogP contribution in [0.25, 0.3) is 0 Å². The Kier molecular flexibility index (Phi) is 44.8. The van der Waals surface area contributed by atoms with Gasteiger partial charge in [-0.25, -0.2) is 0 Å². The molecule has 33 heteroatoms. The number of nitrogens with one attached hydrogen (secondary N) is 1. The maximum atomic E-state index is 13.8.